The molecule has 12 heteroatoms. The Morgan fingerprint density at radius 3 is 2.36 bits per heavy atom. The molecule has 6 rings (SSSR count). The van der Waals surface area contributed by atoms with Crippen molar-refractivity contribution in [1.29, 1.82) is 0 Å². The van der Waals surface area contributed by atoms with Crippen molar-refractivity contribution in [2.75, 3.05) is 0 Å². The molecule has 1 amide bonds. The van der Waals surface area contributed by atoms with Crippen LogP contribution in [0.25, 0.3) is 16.6 Å². The summed E-state index contributed by atoms with van der Waals surface area (Å²) in [5.74, 6) is -0.532. The summed E-state index contributed by atoms with van der Waals surface area (Å²) in [6.45, 7) is 1.91. The van der Waals surface area contributed by atoms with Gasteiger partial charge in [-0.3, -0.25) is 9.36 Å². The van der Waals surface area contributed by atoms with E-state index in [4.69, 9.17) is 23.2 Å². The second-order valence-electron chi connectivity index (χ2n) is 10.5. The lowest BCUT2D eigenvalue weighted by Gasteiger charge is -2.40. The third-order valence-corrected chi connectivity index (χ3v) is 8.42. The number of hydrogen-bond acceptors (Lipinski definition) is 4. The Morgan fingerprint density at radius 1 is 1.05 bits per heavy atom. The molecule has 2 N–H and O–H groups in total. The van der Waals surface area contributed by atoms with E-state index in [1.54, 1.807) is 40.3 Å². The molecule has 0 saturated heterocycles. The normalized spacial score (nSPS) is 17.7. The number of carbonyl (C=O) groups is 1. The van der Waals surface area contributed by atoms with E-state index in [0.717, 1.165) is 11.1 Å². The average molecular weight is 614 g/mol. The smallest absolute Gasteiger partial charge is 0.379 e. The van der Waals surface area contributed by atoms with Crippen molar-refractivity contribution in [1.82, 2.24) is 24.6 Å². The first kappa shape index (κ1) is 28.3. The van der Waals surface area contributed by atoms with Crippen molar-refractivity contribution in [3.8, 4) is 5.69 Å². The van der Waals surface area contributed by atoms with Crippen molar-refractivity contribution >= 4 is 40.0 Å². The first-order chi connectivity index (χ1) is 20.0. The number of fused-ring (bicyclic) bond motifs is 3. The van der Waals surface area contributed by atoms with Crippen LogP contribution in [0.3, 0.4) is 0 Å². The average Bonchev–Trinajstić information content (AvgIpc) is 3.58. The van der Waals surface area contributed by atoms with E-state index < -0.39 is 23.7 Å². The molecule has 3 aromatic carbocycles. The third-order valence-electron chi connectivity index (χ3n) is 7.82. The second kappa shape index (κ2) is 10.4. The van der Waals surface area contributed by atoms with E-state index in [0.29, 0.717) is 22.3 Å². The van der Waals surface area contributed by atoms with Crippen LogP contribution in [-0.4, -0.2) is 36.5 Å². The van der Waals surface area contributed by atoms with E-state index in [1.165, 1.54) is 12.7 Å². The van der Waals surface area contributed by atoms with Gasteiger partial charge in [0.05, 0.1) is 33.4 Å². The van der Waals surface area contributed by atoms with Gasteiger partial charge in [-0.2, -0.15) is 13.2 Å². The summed E-state index contributed by atoms with van der Waals surface area (Å²) in [7, 11) is 0. The fourth-order valence-corrected chi connectivity index (χ4v) is 6.50. The Bertz CT molecular complexity index is 1780. The van der Waals surface area contributed by atoms with Crippen molar-refractivity contribution in [3.63, 3.8) is 0 Å². The second-order valence-corrected chi connectivity index (χ2v) is 11.3. The lowest BCUT2D eigenvalue weighted by atomic mass is 9.81. The maximum atomic E-state index is 13.9. The molecule has 216 valence electrons. The van der Waals surface area contributed by atoms with E-state index >= 15 is 0 Å². The Morgan fingerprint density at radius 2 is 1.71 bits per heavy atom. The highest BCUT2D eigenvalue weighted by Gasteiger charge is 2.46. The number of nitrogens with zero attached hydrogens (tertiary/aromatic N) is 4. The van der Waals surface area contributed by atoms with Crippen molar-refractivity contribution in [3.05, 3.63) is 111 Å². The number of aliphatic hydroxyl groups is 1. The summed E-state index contributed by atoms with van der Waals surface area (Å²) < 4.78 is 44.9. The van der Waals surface area contributed by atoms with Gasteiger partial charge >= 0.3 is 6.18 Å². The first-order valence-electron chi connectivity index (χ1n) is 13.1. The predicted octanol–water partition coefficient (Wildman–Crippen LogP) is 6.70. The molecular formula is C30H24Cl2F3N5O2. The van der Waals surface area contributed by atoms with Gasteiger partial charge in [0.1, 0.15) is 12.7 Å². The van der Waals surface area contributed by atoms with Crippen molar-refractivity contribution in [2.45, 2.75) is 44.1 Å². The Hall–Kier alpha value is -3.86. The molecule has 0 saturated carbocycles. The van der Waals surface area contributed by atoms with Crippen molar-refractivity contribution < 1.29 is 23.1 Å². The zero-order chi connectivity index (χ0) is 29.8. The van der Waals surface area contributed by atoms with Gasteiger partial charge in [0.25, 0.3) is 5.91 Å². The number of alkyl halides is 3. The maximum absolute atomic E-state index is 13.9. The maximum Gasteiger partial charge on any atom is 0.418 e. The summed E-state index contributed by atoms with van der Waals surface area (Å²) in [5, 5.41) is 21.7. The van der Waals surface area contributed by atoms with Gasteiger partial charge in [-0.1, -0.05) is 65.2 Å². The fourth-order valence-electron chi connectivity index (χ4n) is 5.85. The predicted molar refractivity (Wildman–Crippen MR) is 153 cm³/mol. The van der Waals surface area contributed by atoms with E-state index in [1.807, 2.05) is 36.4 Å². The van der Waals surface area contributed by atoms with Crippen LogP contribution in [0.2, 0.25) is 10.0 Å². The zero-order valence-corrected chi connectivity index (χ0v) is 23.7. The number of hydrogen-bond donors (Lipinski definition) is 2. The van der Waals surface area contributed by atoms with Crippen LogP contribution in [0.5, 0.6) is 0 Å². The van der Waals surface area contributed by atoms with Gasteiger partial charge in [0, 0.05) is 22.2 Å². The molecule has 3 heterocycles. The molecule has 1 aliphatic rings. The highest BCUT2D eigenvalue weighted by molar-refractivity contribution is 6.40. The van der Waals surface area contributed by atoms with Gasteiger partial charge in [0.15, 0.2) is 6.10 Å². The lowest BCUT2D eigenvalue weighted by Crippen LogP contribution is -2.51. The quantitative estimate of drug-likeness (QED) is 0.231. The molecule has 1 aliphatic heterocycles. The molecular weight excluding hydrogens is 590 g/mol. The molecule has 0 spiro atoms. The SMILES string of the molecule is Cc1ccc2c(c1)c(C(O)C(F)(F)F)c1n2C[C@@](NC(=O)c2c(Cl)cc(-n3cnnc3)cc2Cl)(c2ccccc2)CC1. The summed E-state index contributed by atoms with van der Waals surface area (Å²) in [5.41, 5.74) is 1.92. The standard InChI is InChI=1S/C30H24Cl2F3N5O2/c1-17-7-8-23-20(11-17)25(27(41)30(33,34)35)24-9-10-29(14-40(23)24,18-5-3-2-4-6-18)38-28(42)26-21(31)12-19(13-22(26)32)39-15-36-37-16-39/h2-8,11-13,15-16,27,41H,9-10,14H2,1H3,(H,38,42)/t27?,29-/m1/s1. The van der Waals surface area contributed by atoms with E-state index in [9.17, 15) is 23.1 Å². The number of amides is 1. The summed E-state index contributed by atoms with van der Waals surface area (Å²) >= 11 is 13.1. The Balaban J connectivity index is 1.46. The summed E-state index contributed by atoms with van der Waals surface area (Å²) in [6.07, 6.45) is -4.10. The number of benzene rings is 3. The molecule has 0 radical (unpaired) electrons. The third kappa shape index (κ3) is 4.83. The zero-order valence-electron chi connectivity index (χ0n) is 22.2. The van der Waals surface area contributed by atoms with Crippen LogP contribution < -0.4 is 5.32 Å². The minimum absolute atomic E-state index is 0.0671. The number of halogens is 5. The molecule has 2 atom stereocenters. The highest BCUT2D eigenvalue weighted by atomic mass is 35.5. The molecule has 0 fully saturated rings. The van der Waals surface area contributed by atoms with Gasteiger partial charge in [-0.15, -0.1) is 10.2 Å². The molecule has 2 aromatic heterocycles. The van der Waals surface area contributed by atoms with Crippen LogP contribution in [0, 0.1) is 6.92 Å². The number of aryl methyl sites for hydroxylation is 1. The Kier molecular flexibility index (Phi) is 7.03. The molecule has 0 aliphatic carbocycles. The summed E-state index contributed by atoms with van der Waals surface area (Å²) in [4.78, 5) is 13.9. The topological polar surface area (TPSA) is 85.0 Å². The minimum atomic E-state index is -4.84. The number of carbonyl (C=O) groups excluding carboxylic acids is 1. The highest BCUT2D eigenvalue weighted by Crippen LogP contribution is 2.45. The number of aliphatic hydroxyl groups excluding tert-OH is 1. The van der Waals surface area contributed by atoms with Gasteiger partial charge in [-0.25, -0.2) is 0 Å². The van der Waals surface area contributed by atoms with E-state index in [-0.39, 0.29) is 40.6 Å². The van der Waals surface area contributed by atoms with Crippen LogP contribution in [0.4, 0.5) is 13.2 Å². The first-order valence-corrected chi connectivity index (χ1v) is 13.8. The van der Waals surface area contributed by atoms with Gasteiger partial charge in [0.2, 0.25) is 0 Å². The molecule has 1 unspecified atom stereocenters. The van der Waals surface area contributed by atoms with Gasteiger partial charge < -0.3 is 15.0 Å². The van der Waals surface area contributed by atoms with Gasteiger partial charge in [-0.05, 0) is 49.6 Å². The van der Waals surface area contributed by atoms with Crippen LogP contribution in [-0.2, 0) is 18.5 Å². The fraction of sp³-hybridized carbons (Fsp3) is 0.233. The molecule has 5 aromatic rings. The lowest BCUT2D eigenvalue weighted by molar-refractivity contribution is -0.206. The monoisotopic (exact) mass is 613 g/mol. The number of nitrogens with one attached hydrogen (secondary N) is 1. The minimum Gasteiger partial charge on any atom is -0.379 e. The summed E-state index contributed by atoms with van der Waals surface area (Å²) in [6, 6.07) is 17.6. The molecule has 7 nitrogen and oxygen atoms in total. The number of rotatable bonds is 5. The molecule has 42 heavy (non-hydrogen) atoms. The largest absolute Gasteiger partial charge is 0.418 e. The van der Waals surface area contributed by atoms with Crippen molar-refractivity contribution in [2.24, 2.45) is 0 Å². The number of aromatic nitrogens is 4. The van der Waals surface area contributed by atoms with Crippen LogP contribution in [0.15, 0.2) is 73.3 Å². The van der Waals surface area contributed by atoms with Crippen LogP contribution >= 0.6 is 23.2 Å². The Labute approximate surface area is 248 Å². The molecule has 0 bridgehead atoms. The van der Waals surface area contributed by atoms with Crippen LogP contribution in [0.1, 0.15) is 45.3 Å². The van der Waals surface area contributed by atoms with E-state index in [2.05, 4.69) is 15.5 Å².